The van der Waals surface area contributed by atoms with Gasteiger partial charge in [0.05, 0.1) is 20.3 Å². The predicted molar refractivity (Wildman–Crippen MR) is 65.4 cm³/mol. The Hall–Kier alpha value is -2.08. The molecule has 0 saturated carbocycles. The van der Waals surface area contributed by atoms with Crippen LogP contribution in [0, 0.1) is 0 Å². The van der Waals surface area contributed by atoms with Gasteiger partial charge in [0.15, 0.2) is 5.82 Å². The monoisotopic (exact) mass is 249 g/mol. The van der Waals surface area contributed by atoms with Crippen molar-refractivity contribution < 1.29 is 14.0 Å². The molecule has 1 aromatic carbocycles. The van der Waals surface area contributed by atoms with Crippen molar-refractivity contribution in [2.45, 2.75) is 13.0 Å². The van der Waals surface area contributed by atoms with E-state index < -0.39 is 0 Å². The maximum Gasteiger partial charge on any atom is 0.258 e. The lowest BCUT2D eigenvalue weighted by atomic mass is 10.2. The first-order valence-corrected chi connectivity index (χ1v) is 5.46. The van der Waals surface area contributed by atoms with Gasteiger partial charge >= 0.3 is 0 Å². The summed E-state index contributed by atoms with van der Waals surface area (Å²) in [5, 5.41) is 3.81. The third-order valence-corrected chi connectivity index (χ3v) is 2.45. The molecule has 1 aromatic heterocycles. The molecule has 0 radical (unpaired) electrons. The first-order chi connectivity index (χ1) is 8.63. The van der Waals surface area contributed by atoms with Gasteiger partial charge in [-0.25, -0.2) is 0 Å². The van der Waals surface area contributed by atoms with Gasteiger partial charge in [-0.1, -0.05) is 5.16 Å². The summed E-state index contributed by atoms with van der Waals surface area (Å²) in [6.45, 7) is 1.79. The molecule has 96 valence electrons. The molecule has 6 nitrogen and oxygen atoms in total. The molecule has 0 aliphatic rings. The van der Waals surface area contributed by atoms with Crippen LogP contribution in [-0.2, 0) is 0 Å². The van der Waals surface area contributed by atoms with E-state index in [2.05, 4.69) is 10.1 Å². The summed E-state index contributed by atoms with van der Waals surface area (Å²) in [6, 6.07) is 5.09. The lowest BCUT2D eigenvalue weighted by molar-refractivity contribution is 0.392. The molecule has 0 spiro atoms. The third-order valence-electron chi connectivity index (χ3n) is 2.45. The first kappa shape index (κ1) is 12.4. The zero-order valence-electron chi connectivity index (χ0n) is 10.5. The van der Waals surface area contributed by atoms with Crippen molar-refractivity contribution in [2.24, 2.45) is 5.73 Å². The van der Waals surface area contributed by atoms with Crippen molar-refractivity contribution in [3.63, 3.8) is 0 Å². The predicted octanol–water partition coefficient (Wildman–Crippen LogP) is 1.77. The molecule has 6 heteroatoms. The molecule has 2 rings (SSSR count). The largest absolute Gasteiger partial charge is 0.497 e. The van der Waals surface area contributed by atoms with Crippen LogP contribution in [-0.4, -0.2) is 24.4 Å². The van der Waals surface area contributed by atoms with Crippen molar-refractivity contribution in [3.8, 4) is 23.0 Å². The molecule has 0 amide bonds. The Bertz CT molecular complexity index is 515. The number of methoxy groups -OCH3 is 2. The summed E-state index contributed by atoms with van der Waals surface area (Å²) in [6.07, 6.45) is 0. The van der Waals surface area contributed by atoms with Crippen LogP contribution in [0.25, 0.3) is 11.5 Å². The summed E-state index contributed by atoms with van der Waals surface area (Å²) < 4.78 is 15.5. The first-order valence-electron chi connectivity index (χ1n) is 5.46. The molecule has 0 aliphatic heterocycles. The maximum atomic E-state index is 5.68. The van der Waals surface area contributed by atoms with Crippen molar-refractivity contribution in [1.82, 2.24) is 10.1 Å². The van der Waals surface area contributed by atoms with Gasteiger partial charge in [-0.15, -0.1) is 0 Å². The standard InChI is InChI=1S/C12H15N3O3/c1-7(13)11-14-12(18-15-11)8-4-9(16-2)6-10(5-8)17-3/h4-7H,13H2,1-3H3. The highest BCUT2D eigenvalue weighted by Gasteiger charge is 2.13. The smallest absolute Gasteiger partial charge is 0.258 e. The van der Waals surface area contributed by atoms with Crippen LogP contribution in [0.3, 0.4) is 0 Å². The Kier molecular flexibility index (Phi) is 3.47. The van der Waals surface area contributed by atoms with E-state index >= 15 is 0 Å². The van der Waals surface area contributed by atoms with Crippen molar-refractivity contribution in [3.05, 3.63) is 24.0 Å². The number of hydrogen-bond acceptors (Lipinski definition) is 6. The fraction of sp³-hybridized carbons (Fsp3) is 0.333. The van der Waals surface area contributed by atoms with Gasteiger partial charge in [-0.2, -0.15) is 4.98 Å². The highest BCUT2D eigenvalue weighted by atomic mass is 16.5. The minimum Gasteiger partial charge on any atom is -0.497 e. The fourth-order valence-corrected chi connectivity index (χ4v) is 1.47. The zero-order valence-corrected chi connectivity index (χ0v) is 10.5. The van der Waals surface area contributed by atoms with E-state index in [9.17, 15) is 0 Å². The summed E-state index contributed by atoms with van der Waals surface area (Å²) >= 11 is 0. The molecule has 1 unspecified atom stereocenters. The van der Waals surface area contributed by atoms with Gasteiger partial charge in [0.25, 0.3) is 5.89 Å². The lowest BCUT2D eigenvalue weighted by Crippen LogP contribution is -2.06. The summed E-state index contributed by atoms with van der Waals surface area (Å²) in [4.78, 5) is 4.22. The van der Waals surface area contributed by atoms with E-state index in [4.69, 9.17) is 19.7 Å². The number of benzene rings is 1. The molecule has 1 atom stereocenters. The average Bonchev–Trinajstić information content (AvgIpc) is 2.87. The van der Waals surface area contributed by atoms with Crippen molar-refractivity contribution in [1.29, 1.82) is 0 Å². The number of rotatable bonds is 4. The highest BCUT2D eigenvalue weighted by molar-refractivity contribution is 5.59. The molecule has 0 bridgehead atoms. The van der Waals surface area contributed by atoms with E-state index in [1.807, 2.05) is 0 Å². The van der Waals surface area contributed by atoms with Gasteiger partial charge in [0, 0.05) is 11.6 Å². The van der Waals surface area contributed by atoms with Gasteiger partial charge in [-0.3, -0.25) is 0 Å². The summed E-state index contributed by atoms with van der Waals surface area (Å²) in [5.41, 5.74) is 6.41. The SMILES string of the molecule is COc1cc(OC)cc(-c2nc(C(C)N)no2)c1. The second-order valence-corrected chi connectivity index (χ2v) is 3.85. The zero-order chi connectivity index (χ0) is 13.1. The Morgan fingerprint density at radius 2 is 1.78 bits per heavy atom. The second kappa shape index (κ2) is 5.05. The molecule has 0 fully saturated rings. The molecule has 1 heterocycles. The lowest BCUT2D eigenvalue weighted by Gasteiger charge is -2.05. The number of aromatic nitrogens is 2. The molecule has 2 aromatic rings. The molecular weight excluding hydrogens is 234 g/mol. The van der Waals surface area contributed by atoms with Gasteiger partial charge in [0.1, 0.15) is 11.5 Å². The minimum atomic E-state index is -0.269. The van der Waals surface area contributed by atoms with Crippen molar-refractivity contribution >= 4 is 0 Å². The van der Waals surface area contributed by atoms with E-state index in [0.717, 1.165) is 5.56 Å². The van der Waals surface area contributed by atoms with Gasteiger partial charge in [-0.05, 0) is 19.1 Å². The number of nitrogens with zero attached hydrogens (tertiary/aromatic N) is 2. The molecule has 0 saturated heterocycles. The molecular formula is C12H15N3O3. The van der Waals surface area contributed by atoms with Crippen LogP contribution in [0.1, 0.15) is 18.8 Å². The van der Waals surface area contributed by atoms with E-state index in [-0.39, 0.29) is 6.04 Å². The normalized spacial score (nSPS) is 12.2. The Balaban J connectivity index is 2.42. The number of ether oxygens (including phenoxy) is 2. The Morgan fingerprint density at radius 1 is 1.17 bits per heavy atom. The molecule has 18 heavy (non-hydrogen) atoms. The molecule has 0 aliphatic carbocycles. The fourth-order valence-electron chi connectivity index (χ4n) is 1.47. The van der Waals surface area contributed by atoms with Crippen LogP contribution < -0.4 is 15.2 Å². The maximum absolute atomic E-state index is 5.68. The average molecular weight is 249 g/mol. The van der Waals surface area contributed by atoms with Crippen LogP contribution >= 0.6 is 0 Å². The number of nitrogens with two attached hydrogens (primary N) is 1. The molecule has 2 N–H and O–H groups in total. The minimum absolute atomic E-state index is 0.269. The Labute approximate surface area is 105 Å². The van der Waals surface area contributed by atoms with Crippen LogP contribution in [0.4, 0.5) is 0 Å². The van der Waals surface area contributed by atoms with Crippen LogP contribution in [0.15, 0.2) is 22.7 Å². The third kappa shape index (κ3) is 2.43. The van der Waals surface area contributed by atoms with Crippen LogP contribution in [0.2, 0.25) is 0 Å². The van der Waals surface area contributed by atoms with E-state index in [1.165, 1.54) is 0 Å². The quantitative estimate of drug-likeness (QED) is 0.889. The Morgan fingerprint density at radius 3 is 2.22 bits per heavy atom. The number of hydrogen-bond donors (Lipinski definition) is 1. The van der Waals surface area contributed by atoms with Gasteiger partial charge < -0.3 is 19.7 Å². The summed E-state index contributed by atoms with van der Waals surface area (Å²) in [7, 11) is 3.17. The van der Waals surface area contributed by atoms with Gasteiger partial charge in [0.2, 0.25) is 0 Å². The van der Waals surface area contributed by atoms with E-state index in [1.54, 1.807) is 39.3 Å². The van der Waals surface area contributed by atoms with Crippen molar-refractivity contribution in [2.75, 3.05) is 14.2 Å². The summed E-state index contributed by atoms with van der Waals surface area (Å²) in [5.74, 6) is 2.17. The highest BCUT2D eigenvalue weighted by Crippen LogP contribution is 2.29. The topological polar surface area (TPSA) is 83.4 Å². The van der Waals surface area contributed by atoms with Crippen LogP contribution in [0.5, 0.6) is 11.5 Å². The van der Waals surface area contributed by atoms with E-state index in [0.29, 0.717) is 23.2 Å². The second-order valence-electron chi connectivity index (χ2n) is 3.85.